The van der Waals surface area contributed by atoms with E-state index in [-0.39, 0.29) is 6.04 Å². The van der Waals surface area contributed by atoms with Gasteiger partial charge in [0.1, 0.15) is 24.6 Å². The van der Waals surface area contributed by atoms with Crippen LogP contribution in [0.4, 0.5) is 5.82 Å². The molecule has 6 rings (SSSR count). The lowest BCUT2D eigenvalue weighted by Crippen LogP contribution is -2.40. The molecule has 1 aromatic carbocycles. The summed E-state index contributed by atoms with van der Waals surface area (Å²) in [6.07, 6.45) is 1.11. The smallest absolute Gasteiger partial charge is 0.333 e. The Labute approximate surface area is 189 Å². The van der Waals surface area contributed by atoms with E-state index >= 15 is 0 Å². The monoisotopic (exact) mass is 474 g/mol. The molecule has 0 bridgehead atoms. The summed E-state index contributed by atoms with van der Waals surface area (Å²) in [5.41, 5.74) is 1.93. The number of rotatable bonds is 6. The van der Waals surface area contributed by atoms with E-state index in [0.717, 1.165) is 12.8 Å². The van der Waals surface area contributed by atoms with Crippen molar-refractivity contribution in [2.75, 3.05) is 12.4 Å². The molecule has 1 unspecified atom stereocenters. The molecule has 1 saturated carbocycles. The molecule has 2 aliphatic carbocycles. The van der Waals surface area contributed by atoms with Crippen LogP contribution in [-0.2, 0) is 30.4 Å². The van der Waals surface area contributed by atoms with Crippen LogP contribution in [0.5, 0.6) is 0 Å². The van der Waals surface area contributed by atoms with Gasteiger partial charge in [0.25, 0.3) is 0 Å². The van der Waals surface area contributed by atoms with Crippen LogP contribution in [-0.4, -0.2) is 64.1 Å². The summed E-state index contributed by atoms with van der Waals surface area (Å²) in [6, 6.07) is 8.42. The molecule has 0 spiro atoms. The Hall–Kier alpha value is -2.68. The molecule has 0 radical (unpaired) electrons. The summed E-state index contributed by atoms with van der Waals surface area (Å²) in [5, 5.41) is 19.4. The highest BCUT2D eigenvalue weighted by Crippen LogP contribution is 2.56. The van der Waals surface area contributed by atoms with Gasteiger partial charge in [0.2, 0.25) is 0 Å². The van der Waals surface area contributed by atoms with E-state index in [0.29, 0.717) is 17.0 Å². The first kappa shape index (κ1) is 20.9. The van der Waals surface area contributed by atoms with Gasteiger partial charge in [-0.2, -0.15) is 8.42 Å². The zero-order valence-corrected chi connectivity index (χ0v) is 18.3. The first-order chi connectivity index (χ1) is 15.8. The second-order valence-corrected chi connectivity index (χ2v) is 9.66. The number of imidazole rings is 1. The number of aliphatic hydroxyl groups is 1. The summed E-state index contributed by atoms with van der Waals surface area (Å²) in [5.74, 6) is 0.590. The van der Waals surface area contributed by atoms with Crippen LogP contribution in [0, 0.1) is 0 Å². The van der Waals surface area contributed by atoms with Crippen molar-refractivity contribution in [2.45, 2.75) is 49.0 Å². The fraction of sp³-hybridized carbons (Fsp3) is 0.450. The zero-order chi connectivity index (χ0) is 23.0. The van der Waals surface area contributed by atoms with E-state index < -0.39 is 40.4 Å². The van der Waals surface area contributed by atoms with Gasteiger partial charge in [0, 0.05) is 7.11 Å². The number of aromatic nitrogens is 4. The highest BCUT2D eigenvalue weighted by Gasteiger charge is 2.79. The van der Waals surface area contributed by atoms with Crippen LogP contribution < -0.4 is 10.5 Å². The second-order valence-electron chi connectivity index (χ2n) is 8.48. The van der Waals surface area contributed by atoms with E-state index in [4.69, 9.17) is 18.8 Å². The van der Waals surface area contributed by atoms with E-state index in [1.807, 2.05) is 12.1 Å². The number of hydrogen-bond acceptors (Lipinski definition) is 10. The van der Waals surface area contributed by atoms with Gasteiger partial charge in [-0.05, 0) is 24.0 Å². The van der Waals surface area contributed by atoms with E-state index in [9.17, 15) is 13.5 Å². The van der Waals surface area contributed by atoms with Gasteiger partial charge in [-0.3, -0.25) is 4.57 Å². The number of fused-ring (bicyclic) bond motifs is 3. The van der Waals surface area contributed by atoms with Gasteiger partial charge in [-0.15, -0.1) is 0 Å². The Kier molecular flexibility index (Phi) is 4.53. The van der Waals surface area contributed by atoms with Gasteiger partial charge in [0.05, 0.1) is 12.4 Å². The van der Waals surface area contributed by atoms with Gasteiger partial charge in [0.15, 0.2) is 28.8 Å². The van der Waals surface area contributed by atoms with Crippen LogP contribution in [0.1, 0.15) is 29.8 Å². The van der Waals surface area contributed by atoms with Crippen molar-refractivity contribution in [3.05, 3.63) is 48.0 Å². The summed E-state index contributed by atoms with van der Waals surface area (Å²) in [7, 11) is -2.87. The minimum absolute atomic E-state index is 0.114. The Morgan fingerprint density at radius 2 is 2.09 bits per heavy atom. The molecule has 33 heavy (non-hydrogen) atoms. The molecule has 12 nitrogen and oxygen atoms in total. The van der Waals surface area contributed by atoms with Crippen molar-refractivity contribution in [2.24, 2.45) is 5.14 Å². The van der Waals surface area contributed by atoms with Crippen LogP contribution in [0.25, 0.3) is 11.2 Å². The maximum atomic E-state index is 11.3. The fourth-order valence-electron chi connectivity index (χ4n) is 5.09. The topological polar surface area (TPSA) is 164 Å². The first-order valence-corrected chi connectivity index (χ1v) is 11.9. The van der Waals surface area contributed by atoms with Crippen molar-refractivity contribution < 1.29 is 27.2 Å². The molecular formula is C20H22N6O6S. The second kappa shape index (κ2) is 7.16. The third-order valence-corrected chi connectivity index (χ3v) is 7.12. The van der Waals surface area contributed by atoms with E-state index in [2.05, 4.69) is 32.4 Å². The largest absolute Gasteiger partial charge is 0.381 e. The van der Waals surface area contributed by atoms with Crippen LogP contribution in [0.15, 0.2) is 36.9 Å². The first-order valence-electron chi connectivity index (χ1n) is 10.4. The highest BCUT2D eigenvalue weighted by molar-refractivity contribution is 7.84. The molecule has 4 N–H and O–H groups in total. The van der Waals surface area contributed by atoms with Crippen molar-refractivity contribution in [1.82, 2.24) is 19.5 Å². The Morgan fingerprint density at radius 1 is 1.27 bits per heavy atom. The number of benzene rings is 1. The predicted octanol–water partition coefficient (Wildman–Crippen LogP) is 0.172. The number of methoxy groups -OCH3 is 1. The molecule has 3 aliphatic rings. The zero-order valence-electron chi connectivity index (χ0n) is 17.5. The number of nitrogens with one attached hydrogen (secondary N) is 1. The minimum Gasteiger partial charge on any atom is -0.381 e. The molecule has 3 aromatic rings. The normalized spacial score (nSPS) is 32.6. The summed E-state index contributed by atoms with van der Waals surface area (Å²) >= 11 is 0. The number of aryl methyl sites for hydroxylation is 1. The molecule has 2 aromatic heterocycles. The summed E-state index contributed by atoms with van der Waals surface area (Å²) in [6.45, 7) is 0. The molecule has 174 valence electrons. The van der Waals surface area contributed by atoms with Crippen molar-refractivity contribution >= 4 is 27.3 Å². The third-order valence-electron chi connectivity index (χ3n) is 6.65. The van der Waals surface area contributed by atoms with Gasteiger partial charge < -0.3 is 19.9 Å². The van der Waals surface area contributed by atoms with Gasteiger partial charge in [-0.25, -0.2) is 24.3 Å². The standard InChI is InChI=1S/C20H22N6O6S/c1-30-16-19(31-14-15(20(14,16)27)32-33(21,28)29)26-9-24-13-17(22-8-23-18(13)26)25-12-7-6-10-4-2-3-5-11(10)12/h2-5,8-9,12,14-16,19,27H,6-7H2,1H3,(H2,21,28,29)(H,22,23,25)/t12-,14+,15?,16+,19+,20-/m0/s1. The maximum Gasteiger partial charge on any atom is 0.333 e. The molecule has 0 amide bonds. The predicted molar refractivity (Wildman–Crippen MR) is 114 cm³/mol. The van der Waals surface area contributed by atoms with Crippen LogP contribution >= 0.6 is 0 Å². The molecule has 13 heteroatoms. The molecular weight excluding hydrogens is 452 g/mol. The Balaban J connectivity index is 1.29. The van der Waals surface area contributed by atoms with Crippen molar-refractivity contribution in [3.8, 4) is 0 Å². The van der Waals surface area contributed by atoms with Crippen LogP contribution in [0.2, 0.25) is 0 Å². The van der Waals surface area contributed by atoms with Gasteiger partial charge in [-0.1, -0.05) is 24.3 Å². The number of nitrogens with two attached hydrogens (primary N) is 1. The number of hydrogen-bond donors (Lipinski definition) is 3. The SMILES string of the molecule is CO[C@@H]1[C@H](n2cnc3c(N[C@H]4CCc5ccccc54)ncnc32)O[C@@H]2C(OS(N)(=O)=O)[C@@]21O. The fourth-order valence-corrected chi connectivity index (χ4v) is 5.63. The summed E-state index contributed by atoms with van der Waals surface area (Å²) in [4.78, 5) is 13.2. The number of nitrogens with zero attached hydrogens (tertiary/aromatic N) is 4. The van der Waals surface area contributed by atoms with Crippen molar-refractivity contribution in [1.29, 1.82) is 0 Å². The number of ether oxygens (including phenoxy) is 2. The molecule has 3 heterocycles. The average molecular weight is 474 g/mol. The van der Waals surface area contributed by atoms with Crippen molar-refractivity contribution in [3.63, 3.8) is 0 Å². The number of anilines is 1. The Bertz CT molecular complexity index is 1350. The summed E-state index contributed by atoms with van der Waals surface area (Å²) < 4.78 is 40.4. The third kappa shape index (κ3) is 3.15. The lowest BCUT2D eigenvalue weighted by molar-refractivity contribution is -0.106. The lowest BCUT2D eigenvalue weighted by Gasteiger charge is -2.26. The maximum absolute atomic E-state index is 11.3. The highest BCUT2D eigenvalue weighted by atomic mass is 32.2. The van der Waals surface area contributed by atoms with E-state index in [1.54, 1.807) is 4.57 Å². The molecule has 1 aliphatic heterocycles. The van der Waals surface area contributed by atoms with Gasteiger partial charge >= 0.3 is 10.3 Å². The minimum atomic E-state index is -4.26. The molecule has 2 fully saturated rings. The Morgan fingerprint density at radius 3 is 2.88 bits per heavy atom. The molecule has 1 saturated heterocycles. The average Bonchev–Trinajstić information content (AvgIpc) is 3.22. The lowest BCUT2D eigenvalue weighted by atomic mass is 10.1. The molecule has 6 atom stereocenters. The van der Waals surface area contributed by atoms with Crippen LogP contribution in [0.3, 0.4) is 0 Å². The van der Waals surface area contributed by atoms with E-state index in [1.165, 1.54) is 30.9 Å². The quantitative estimate of drug-likeness (QED) is 0.449.